The normalized spacial score (nSPS) is 12.9. The van der Waals surface area contributed by atoms with Gasteiger partial charge in [0.05, 0.1) is 0 Å². The molecule has 0 radical (unpaired) electrons. The highest BCUT2D eigenvalue weighted by Crippen LogP contribution is 2.35. The first-order valence-corrected chi connectivity index (χ1v) is 3.79. The van der Waals surface area contributed by atoms with Gasteiger partial charge in [0.15, 0.2) is 5.57 Å². The van der Waals surface area contributed by atoms with Crippen LogP contribution in [0.2, 0.25) is 0 Å². The van der Waals surface area contributed by atoms with E-state index in [0.29, 0.717) is 12.5 Å². The molecule has 0 aromatic heterocycles. The molecule has 0 aliphatic rings. The summed E-state index contributed by atoms with van der Waals surface area (Å²) in [6.45, 7) is 1.59. The van der Waals surface area contributed by atoms with Crippen molar-refractivity contribution in [3.63, 3.8) is 0 Å². The van der Waals surface area contributed by atoms with E-state index in [2.05, 4.69) is 0 Å². The van der Waals surface area contributed by atoms with E-state index in [4.69, 9.17) is 0 Å². The van der Waals surface area contributed by atoms with Gasteiger partial charge in [0.25, 0.3) is 6.08 Å². The van der Waals surface area contributed by atoms with Crippen LogP contribution < -0.4 is 0 Å². The van der Waals surface area contributed by atoms with Gasteiger partial charge < -0.3 is 0 Å². The number of rotatable bonds is 3. The molecule has 0 fully saturated rings. The second-order valence-corrected chi connectivity index (χ2v) is 2.47. The van der Waals surface area contributed by atoms with Crippen LogP contribution in [0, 0.1) is 0 Å². The van der Waals surface area contributed by atoms with E-state index in [0.717, 1.165) is 0 Å². The predicted molar refractivity (Wildman–Crippen MR) is 39.4 cm³/mol. The first-order valence-electron chi connectivity index (χ1n) is 3.79. The molecule has 14 heavy (non-hydrogen) atoms. The Labute approximate surface area is 76.9 Å². The molecular formula is C8H8F6. The minimum Gasteiger partial charge on any atom is -0.206 e. The quantitative estimate of drug-likeness (QED) is 0.487. The van der Waals surface area contributed by atoms with Crippen molar-refractivity contribution in [1.82, 2.24) is 0 Å². The molecule has 0 saturated heterocycles. The molecule has 0 aromatic carbocycles. The number of allylic oxidation sites excluding steroid dienone is 3. The molecule has 0 atom stereocenters. The Hall–Kier alpha value is -0.940. The summed E-state index contributed by atoms with van der Waals surface area (Å²) in [6, 6.07) is 0. The van der Waals surface area contributed by atoms with Gasteiger partial charge in [-0.25, -0.2) is 4.39 Å². The van der Waals surface area contributed by atoms with E-state index in [-0.39, 0.29) is 6.42 Å². The summed E-state index contributed by atoms with van der Waals surface area (Å²) in [5.41, 5.74) is -2.48. The third-order valence-corrected chi connectivity index (χ3v) is 1.32. The van der Waals surface area contributed by atoms with Gasteiger partial charge in [-0.2, -0.15) is 22.0 Å². The zero-order valence-electron chi connectivity index (χ0n) is 7.26. The van der Waals surface area contributed by atoms with Crippen LogP contribution in [0.4, 0.5) is 26.3 Å². The van der Waals surface area contributed by atoms with Gasteiger partial charge in [-0.05, 0) is 12.5 Å². The molecule has 0 aliphatic carbocycles. The van der Waals surface area contributed by atoms with Crippen molar-refractivity contribution < 1.29 is 26.3 Å². The largest absolute Gasteiger partial charge is 0.424 e. The van der Waals surface area contributed by atoms with Crippen molar-refractivity contribution in [2.75, 3.05) is 0 Å². The molecule has 0 nitrogen and oxygen atoms in total. The average Bonchev–Trinajstić information content (AvgIpc) is 1.97. The molecular weight excluding hydrogens is 210 g/mol. The van der Waals surface area contributed by atoms with Gasteiger partial charge in [0.1, 0.15) is 5.83 Å². The van der Waals surface area contributed by atoms with Gasteiger partial charge in [0, 0.05) is 0 Å². The molecule has 0 saturated carbocycles. The fraction of sp³-hybridized carbons (Fsp3) is 0.500. The zero-order valence-corrected chi connectivity index (χ0v) is 7.26. The highest BCUT2D eigenvalue weighted by molar-refractivity contribution is 5.30. The number of hydrogen-bond donors (Lipinski definition) is 0. The van der Waals surface area contributed by atoms with Gasteiger partial charge >= 0.3 is 6.18 Å². The summed E-state index contributed by atoms with van der Waals surface area (Å²) in [4.78, 5) is 0. The van der Waals surface area contributed by atoms with Gasteiger partial charge in [-0.3, -0.25) is 0 Å². The lowest BCUT2D eigenvalue weighted by Gasteiger charge is -2.07. The lowest BCUT2D eigenvalue weighted by molar-refractivity contribution is -0.0945. The Morgan fingerprint density at radius 2 is 1.64 bits per heavy atom. The smallest absolute Gasteiger partial charge is 0.206 e. The third-order valence-electron chi connectivity index (χ3n) is 1.32. The lowest BCUT2D eigenvalue weighted by Crippen LogP contribution is -2.13. The monoisotopic (exact) mass is 218 g/mol. The van der Waals surface area contributed by atoms with Crippen molar-refractivity contribution in [1.29, 1.82) is 0 Å². The molecule has 0 heterocycles. The van der Waals surface area contributed by atoms with Crippen LogP contribution in [0.15, 0.2) is 23.6 Å². The average molecular weight is 218 g/mol. The van der Waals surface area contributed by atoms with Crippen molar-refractivity contribution in [2.24, 2.45) is 0 Å². The summed E-state index contributed by atoms with van der Waals surface area (Å²) in [6.07, 6.45) is -7.54. The Morgan fingerprint density at radius 1 is 1.14 bits per heavy atom. The standard InChI is InChI=1S/C8H8F6/c1-2-3-4-5(9)6(7(10)11)8(12,13)14/h4H,2-3H2,1H3. The van der Waals surface area contributed by atoms with Crippen molar-refractivity contribution in [3.8, 4) is 0 Å². The van der Waals surface area contributed by atoms with E-state index in [1.165, 1.54) is 0 Å². The Bertz CT molecular complexity index is 243. The van der Waals surface area contributed by atoms with Crippen LogP contribution in [0.25, 0.3) is 0 Å². The number of hydrogen-bond acceptors (Lipinski definition) is 0. The molecule has 0 amide bonds. The molecule has 0 bridgehead atoms. The summed E-state index contributed by atoms with van der Waals surface area (Å²) in [5, 5.41) is 0. The number of halogens is 6. The maximum atomic E-state index is 12.6. The van der Waals surface area contributed by atoms with Crippen LogP contribution in [0.3, 0.4) is 0 Å². The Balaban J connectivity index is 4.98. The second kappa shape index (κ2) is 5.07. The van der Waals surface area contributed by atoms with Crippen molar-refractivity contribution in [3.05, 3.63) is 23.6 Å². The molecule has 0 rings (SSSR count). The minimum absolute atomic E-state index is 0.0152. The fourth-order valence-corrected chi connectivity index (χ4v) is 0.706. The highest BCUT2D eigenvalue weighted by atomic mass is 19.4. The van der Waals surface area contributed by atoms with Crippen LogP contribution in [0.5, 0.6) is 0 Å². The summed E-state index contributed by atoms with van der Waals surface area (Å²) < 4.78 is 71.6. The molecule has 0 aromatic rings. The van der Waals surface area contributed by atoms with E-state index in [9.17, 15) is 26.3 Å². The molecule has 6 heteroatoms. The first kappa shape index (κ1) is 13.1. The van der Waals surface area contributed by atoms with Crippen molar-refractivity contribution >= 4 is 0 Å². The molecule has 0 aliphatic heterocycles. The summed E-state index contributed by atoms with van der Waals surface area (Å²) in [5.74, 6) is -1.92. The number of alkyl halides is 3. The molecule has 0 spiro atoms. The zero-order chi connectivity index (χ0) is 11.4. The molecule has 0 unspecified atom stereocenters. The molecule has 0 N–H and O–H groups in total. The van der Waals surface area contributed by atoms with Crippen LogP contribution >= 0.6 is 0 Å². The van der Waals surface area contributed by atoms with E-state index >= 15 is 0 Å². The van der Waals surface area contributed by atoms with Gasteiger partial charge in [-0.1, -0.05) is 13.3 Å². The Kier molecular flexibility index (Phi) is 4.73. The lowest BCUT2D eigenvalue weighted by atomic mass is 10.2. The van der Waals surface area contributed by atoms with Crippen LogP contribution in [0.1, 0.15) is 19.8 Å². The first-order chi connectivity index (χ1) is 6.30. The summed E-state index contributed by atoms with van der Waals surface area (Å²) in [7, 11) is 0. The highest BCUT2D eigenvalue weighted by Gasteiger charge is 2.40. The van der Waals surface area contributed by atoms with Crippen molar-refractivity contribution in [2.45, 2.75) is 25.9 Å². The van der Waals surface area contributed by atoms with E-state index in [1.54, 1.807) is 6.92 Å². The van der Waals surface area contributed by atoms with E-state index in [1.807, 2.05) is 0 Å². The van der Waals surface area contributed by atoms with Crippen LogP contribution in [-0.4, -0.2) is 6.18 Å². The third kappa shape index (κ3) is 3.85. The topological polar surface area (TPSA) is 0 Å². The predicted octanol–water partition coefficient (Wildman–Crippen LogP) is 4.35. The molecule has 82 valence electrons. The van der Waals surface area contributed by atoms with E-state index < -0.39 is 23.7 Å². The van der Waals surface area contributed by atoms with Gasteiger partial charge in [0.2, 0.25) is 0 Å². The maximum Gasteiger partial charge on any atom is 0.424 e. The minimum atomic E-state index is -5.35. The summed E-state index contributed by atoms with van der Waals surface area (Å²) >= 11 is 0. The SMILES string of the molecule is CCCC=C(F)C(=C(F)F)C(F)(F)F. The fourth-order valence-electron chi connectivity index (χ4n) is 0.706. The number of unbranched alkanes of at least 4 members (excludes halogenated alkanes) is 1. The second-order valence-electron chi connectivity index (χ2n) is 2.47. The van der Waals surface area contributed by atoms with Crippen LogP contribution in [-0.2, 0) is 0 Å². The maximum absolute atomic E-state index is 12.6. The van der Waals surface area contributed by atoms with Gasteiger partial charge in [-0.15, -0.1) is 0 Å². The Morgan fingerprint density at radius 3 is 1.93 bits per heavy atom.